The lowest BCUT2D eigenvalue weighted by molar-refractivity contribution is -0.121. The number of nitrogens with zero attached hydrogens (tertiary/aromatic N) is 1. The molecule has 0 radical (unpaired) electrons. The number of carbonyl (C=O) groups excluding carboxylic acids is 2. The normalized spacial score (nSPS) is 14.1. The number of carbonyl (C=O) groups is 2. The minimum absolute atomic E-state index is 0.230. The summed E-state index contributed by atoms with van der Waals surface area (Å²) in [6.45, 7) is 0.253. The van der Waals surface area contributed by atoms with Crippen LogP contribution in [0.2, 0.25) is 0 Å². The Labute approximate surface area is 142 Å². The van der Waals surface area contributed by atoms with Gasteiger partial charge >= 0.3 is 5.97 Å². The number of para-hydroxylation sites is 1. The average molecular weight is 343 g/mol. The molecule has 24 heavy (non-hydrogen) atoms. The van der Waals surface area contributed by atoms with Crippen LogP contribution in [0.15, 0.2) is 53.4 Å². The number of hydrogen-bond acceptors (Lipinski definition) is 4. The van der Waals surface area contributed by atoms with Crippen molar-refractivity contribution in [3.8, 4) is 0 Å². The molecule has 2 aromatic rings. The Balaban J connectivity index is 1.67. The molecule has 5 nitrogen and oxygen atoms in total. The van der Waals surface area contributed by atoms with Crippen LogP contribution in [-0.2, 0) is 26.8 Å². The molecule has 0 aliphatic carbocycles. The van der Waals surface area contributed by atoms with E-state index in [2.05, 4.69) is 0 Å². The van der Waals surface area contributed by atoms with Crippen molar-refractivity contribution < 1.29 is 18.5 Å². The first-order chi connectivity index (χ1) is 11.6. The van der Waals surface area contributed by atoms with E-state index in [1.807, 2.05) is 24.3 Å². The molecule has 6 heteroatoms. The van der Waals surface area contributed by atoms with Gasteiger partial charge in [-0.3, -0.25) is 9.00 Å². The van der Waals surface area contributed by atoms with E-state index in [0.29, 0.717) is 11.4 Å². The van der Waals surface area contributed by atoms with Crippen LogP contribution in [0.1, 0.15) is 15.9 Å². The van der Waals surface area contributed by atoms with Crippen LogP contribution in [0.25, 0.3) is 0 Å². The highest BCUT2D eigenvalue weighted by atomic mass is 32.2. The number of esters is 1. The zero-order chi connectivity index (χ0) is 17.1. The third-order valence-electron chi connectivity index (χ3n) is 3.93. The fourth-order valence-electron chi connectivity index (χ4n) is 2.77. The number of fused-ring (bicyclic) bond motifs is 1. The van der Waals surface area contributed by atoms with Crippen LogP contribution >= 0.6 is 0 Å². The third-order valence-corrected chi connectivity index (χ3v) is 4.91. The van der Waals surface area contributed by atoms with Crippen molar-refractivity contribution in [2.24, 2.45) is 0 Å². The summed E-state index contributed by atoms with van der Waals surface area (Å²) in [6.07, 6.45) is 2.30. The summed E-state index contributed by atoms with van der Waals surface area (Å²) in [5, 5.41) is 0. The van der Waals surface area contributed by atoms with Crippen LogP contribution in [0.4, 0.5) is 5.69 Å². The van der Waals surface area contributed by atoms with E-state index in [1.165, 1.54) is 6.26 Å². The van der Waals surface area contributed by atoms with Gasteiger partial charge in [-0.25, -0.2) is 4.79 Å². The molecule has 2 aromatic carbocycles. The van der Waals surface area contributed by atoms with Gasteiger partial charge in [0.15, 0.2) is 6.61 Å². The van der Waals surface area contributed by atoms with Crippen molar-refractivity contribution in [3.05, 3.63) is 59.7 Å². The molecule has 0 saturated heterocycles. The predicted octanol–water partition coefficient (Wildman–Crippen LogP) is 2.17. The highest BCUT2D eigenvalue weighted by molar-refractivity contribution is 7.84. The Morgan fingerprint density at radius 2 is 1.83 bits per heavy atom. The van der Waals surface area contributed by atoms with E-state index in [4.69, 9.17) is 4.74 Å². The van der Waals surface area contributed by atoms with Gasteiger partial charge in [0.1, 0.15) is 0 Å². The Bertz CT molecular complexity index is 818. The molecule has 1 heterocycles. The number of hydrogen-bond donors (Lipinski definition) is 0. The van der Waals surface area contributed by atoms with Gasteiger partial charge in [-0.05, 0) is 30.2 Å². The molecule has 0 aromatic heterocycles. The van der Waals surface area contributed by atoms with Crippen molar-refractivity contribution in [2.75, 3.05) is 24.3 Å². The van der Waals surface area contributed by atoms with Gasteiger partial charge in [-0.2, -0.15) is 0 Å². The summed E-state index contributed by atoms with van der Waals surface area (Å²) in [6, 6.07) is 14.2. The van der Waals surface area contributed by atoms with Gasteiger partial charge in [0.2, 0.25) is 0 Å². The van der Waals surface area contributed by atoms with Crippen molar-refractivity contribution >= 4 is 28.4 Å². The summed E-state index contributed by atoms with van der Waals surface area (Å²) < 4.78 is 16.8. The van der Waals surface area contributed by atoms with Gasteiger partial charge in [-0.1, -0.05) is 30.3 Å². The molecule has 0 bridgehead atoms. The molecule has 0 N–H and O–H groups in total. The van der Waals surface area contributed by atoms with Crippen molar-refractivity contribution in [1.82, 2.24) is 0 Å². The average Bonchev–Trinajstić information content (AvgIpc) is 3.03. The molecule has 1 aliphatic heterocycles. The lowest BCUT2D eigenvalue weighted by Gasteiger charge is -2.17. The largest absolute Gasteiger partial charge is 0.452 e. The molecule has 0 unspecified atom stereocenters. The molecule has 3 rings (SSSR count). The van der Waals surface area contributed by atoms with Crippen molar-refractivity contribution in [2.45, 2.75) is 11.3 Å². The lowest BCUT2D eigenvalue weighted by atomic mass is 10.2. The molecule has 124 valence electrons. The number of ether oxygens (including phenoxy) is 1. The zero-order valence-electron chi connectivity index (χ0n) is 13.2. The molecule has 1 atom stereocenters. The minimum Gasteiger partial charge on any atom is -0.452 e. The number of rotatable bonds is 4. The van der Waals surface area contributed by atoms with Crippen LogP contribution in [-0.4, -0.2) is 35.5 Å². The fraction of sp³-hybridized carbons (Fsp3) is 0.222. The maximum atomic E-state index is 12.4. The third kappa shape index (κ3) is 3.23. The molecular formula is C18H17NO4S. The standard InChI is InChI=1S/C18H17NO4S/c1-24(22)16-9-5-3-7-14(16)18(21)23-12-17(20)19-11-10-13-6-2-4-8-15(13)19/h2-9H,10-12H2,1H3/t24-/m1/s1. The van der Waals surface area contributed by atoms with Gasteiger partial charge in [0.05, 0.1) is 21.3 Å². The predicted molar refractivity (Wildman–Crippen MR) is 91.6 cm³/mol. The first kappa shape index (κ1) is 16.4. The van der Waals surface area contributed by atoms with Gasteiger partial charge in [-0.15, -0.1) is 0 Å². The minimum atomic E-state index is -1.30. The Morgan fingerprint density at radius 3 is 2.62 bits per heavy atom. The number of benzene rings is 2. The maximum Gasteiger partial charge on any atom is 0.339 e. The van der Waals surface area contributed by atoms with E-state index in [0.717, 1.165) is 17.7 Å². The van der Waals surface area contributed by atoms with E-state index < -0.39 is 16.8 Å². The fourth-order valence-corrected chi connectivity index (χ4v) is 3.50. The van der Waals surface area contributed by atoms with E-state index in [1.54, 1.807) is 29.2 Å². The SMILES string of the molecule is C[S@@](=O)c1ccccc1C(=O)OCC(=O)N1CCc2ccccc21. The highest BCUT2D eigenvalue weighted by Gasteiger charge is 2.25. The number of amides is 1. The molecule has 0 saturated carbocycles. The van der Waals surface area contributed by atoms with Crippen LogP contribution < -0.4 is 4.90 Å². The second-order valence-corrected chi connectivity index (χ2v) is 6.80. The maximum absolute atomic E-state index is 12.4. The summed E-state index contributed by atoms with van der Waals surface area (Å²) >= 11 is 0. The molecule has 1 amide bonds. The Hall–Kier alpha value is -2.47. The van der Waals surface area contributed by atoms with Crippen LogP contribution in [0, 0.1) is 0 Å². The summed E-state index contributed by atoms with van der Waals surface area (Å²) in [5.41, 5.74) is 2.21. The topological polar surface area (TPSA) is 63.7 Å². The van der Waals surface area contributed by atoms with Crippen molar-refractivity contribution in [3.63, 3.8) is 0 Å². The van der Waals surface area contributed by atoms with E-state index in [-0.39, 0.29) is 18.1 Å². The molecular weight excluding hydrogens is 326 g/mol. The molecule has 0 fully saturated rings. The van der Waals surface area contributed by atoms with Gasteiger partial charge in [0, 0.05) is 18.5 Å². The van der Waals surface area contributed by atoms with Gasteiger partial charge in [0.25, 0.3) is 5.91 Å². The Morgan fingerprint density at radius 1 is 1.12 bits per heavy atom. The molecule has 1 aliphatic rings. The lowest BCUT2D eigenvalue weighted by Crippen LogP contribution is -2.33. The second kappa shape index (κ2) is 6.97. The quantitative estimate of drug-likeness (QED) is 0.798. The number of anilines is 1. The second-order valence-electron chi connectivity index (χ2n) is 5.45. The van der Waals surface area contributed by atoms with E-state index >= 15 is 0 Å². The smallest absolute Gasteiger partial charge is 0.339 e. The van der Waals surface area contributed by atoms with Crippen LogP contribution in [0.3, 0.4) is 0 Å². The first-order valence-corrected chi connectivity index (χ1v) is 9.11. The first-order valence-electron chi connectivity index (χ1n) is 7.56. The van der Waals surface area contributed by atoms with Gasteiger partial charge < -0.3 is 9.64 Å². The van der Waals surface area contributed by atoms with Crippen LogP contribution in [0.5, 0.6) is 0 Å². The van der Waals surface area contributed by atoms with E-state index in [9.17, 15) is 13.8 Å². The Kier molecular flexibility index (Phi) is 4.76. The summed E-state index contributed by atoms with van der Waals surface area (Å²) in [7, 11) is -1.30. The van der Waals surface area contributed by atoms with Crippen molar-refractivity contribution in [1.29, 1.82) is 0 Å². The monoisotopic (exact) mass is 343 g/mol. The molecule has 0 spiro atoms. The summed E-state index contributed by atoms with van der Waals surface area (Å²) in [4.78, 5) is 26.6. The summed E-state index contributed by atoms with van der Waals surface area (Å²) in [5.74, 6) is -0.898. The highest BCUT2D eigenvalue weighted by Crippen LogP contribution is 2.27. The zero-order valence-corrected chi connectivity index (χ0v) is 14.0.